The molecule has 3 heterocycles. The van der Waals surface area contributed by atoms with Crippen LogP contribution in [0.4, 0.5) is 0 Å². The summed E-state index contributed by atoms with van der Waals surface area (Å²) in [6, 6.07) is 20.1. The average molecular weight is 566 g/mol. The minimum Gasteiger partial charge on any atom is -0.497 e. The van der Waals surface area contributed by atoms with Crippen molar-refractivity contribution in [2.75, 3.05) is 20.8 Å². The highest BCUT2D eigenvalue weighted by Gasteiger charge is 2.18. The molecule has 6 rings (SSSR count). The summed E-state index contributed by atoms with van der Waals surface area (Å²) in [5, 5.41) is 9.88. The van der Waals surface area contributed by atoms with E-state index in [-0.39, 0.29) is 31.5 Å². The molecule has 2 amide bonds. The molecule has 5 aromatic rings. The van der Waals surface area contributed by atoms with Gasteiger partial charge in [-0.15, -0.1) is 0 Å². The van der Waals surface area contributed by atoms with E-state index >= 15 is 0 Å². The molecule has 4 bridgehead atoms. The van der Waals surface area contributed by atoms with Gasteiger partial charge in [0.15, 0.2) is 23.9 Å². The predicted octanol–water partition coefficient (Wildman–Crippen LogP) is 4.15. The van der Waals surface area contributed by atoms with Crippen molar-refractivity contribution in [1.82, 2.24) is 25.3 Å². The highest BCUT2D eigenvalue weighted by molar-refractivity contribution is 5.95. The van der Waals surface area contributed by atoms with Crippen LogP contribution in [0.2, 0.25) is 0 Å². The minimum absolute atomic E-state index is 0.133. The standard InChI is InChI=1S/C31H27N5O6/c1-39-24-5-3-4-20(13-24)26-15-25(42-35-26)17-34-31(38)22-10-19-11-23(12-22)36-9-8-32-30(36)21-6-7-27(40-2)28(14-21)41-18-29(37)33-16-19/h3-15H,16-18H2,1-2H3,(H,33,37)(H,34,38). The third kappa shape index (κ3) is 5.52. The van der Waals surface area contributed by atoms with Crippen molar-refractivity contribution in [2.24, 2.45) is 0 Å². The van der Waals surface area contributed by atoms with E-state index in [1.807, 2.05) is 47.2 Å². The maximum atomic E-state index is 13.3. The second-order valence-electron chi connectivity index (χ2n) is 9.53. The fourth-order valence-electron chi connectivity index (χ4n) is 4.68. The van der Waals surface area contributed by atoms with Gasteiger partial charge in [0.25, 0.3) is 11.8 Å². The van der Waals surface area contributed by atoms with Crippen molar-refractivity contribution in [1.29, 1.82) is 0 Å². The summed E-state index contributed by atoms with van der Waals surface area (Å²) in [5.74, 6) is 2.14. The van der Waals surface area contributed by atoms with Crippen LogP contribution in [-0.4, -0.2) is 47.3 Å². The van der Waals surface area contributed by atoms with Crippen LogP contribution < -0.4 is 24.8 Å². The molecule has 0 spiro atoms. The van der Waals surface area contributed by atoms with Crippen molar-refractivity contribution >= 4 is 11.8 Å². The van der Waals surface area contributed by atoms with E-state index in [4.69, 9.17) is 18.7 Å². The van der Waals surface area contributed by atoms with Crippen LogP contribution in [0.15, 0.2) is 83.6 Å². The molecule has 0 saturated carbocycles. The van der Waals surface area contributed by atoms with Crippen LogP contribution in [-0.2, 0) is 17.9 Å². The number of rotatable bonds is 6. The van der Waals surface area contributed by atoms with Gasteiger partial charge in [-0.05, 0) is 54.1 Å². The van der Waals surface area contributed by atoms with Gasteiger partial charge in [0, 0.05) is 47.4 Å². The number of nitrogens with zero attached hydrogens (tertiary/aromatic N) is 3. The van der Waals surface area contributed by atoms with Gasteiger partial charge >= 0.3 is 0 Å². The highest BCUT2D eigenvalue weighted by atomic mass is 16.5. The lowest BCUT2D eigenvalue weighted by Gasteiger charge is -2.13. The van der Waals surface area contributed by atoms with Crippen molar-refractivity contribution < 1.29 is 28.3 Å². The van der Waals surface area contributed by atoms with Crippen molar-refractivity contribution in [2.45, 2.75) is 13.1 Å². The second-order valence-corrected chi connectivity index (χ2v) is 9.53. The number of fused-ring (bicyclic) bond motifs is 7. The lowest BCUT2D eigenvalue weighted by atomic mass is 10.1. The van der Waals surface area contributed by atoms with Crippen LogP contribution in [0.5, 0.6) is 17.2 Å². The first-order chi connectivity index (χ1) is 20.5. The number of benzene rings is 3. The Kier molecular flexibility index (Phi) is 7.29. The Morgan fingerprint density at radius 2 is 1.95 bits per heavy atom. The fourth-order valence-corrected chi connectivity index (χ4v) is 4.68. The summed E-state index contributed by atoms with van der Waals surface area (Å²) in [4.78, 5) is 30.5. The maximum absolute atomic E-state index is 13.3. The van der Waals surface area contributed by atoms with E-state index in [9.17, 15) is 9.59 Å². The first-order valence-corrected chi connectivity index (χ1v) is 13.1. The number of carbonyl (C=O) groups is 2. The molecule has 11 heteroatoms. The Balaban J connectivity index is 1.28. The van der Waals surface area contributed by atoms with E-state index in [1.54, 1.807) is 43.6 Å². The Morgan fingerprint density at radius 3 is 2.81 bits per heavy atom. The zero-order valence-corrected chi connectivity index (χ0v) is 22.9. The minimum atomic E-state index is -0.315. The molecule has 0 radical (unpaired) electrons. The molecular formula is C31H27N5O6. The maximum Gasteiger partial charge on any atom is 0.258 e. The molecule has 0 unspecified atom stereocenters. The van der Waals surface area contributed by atoms with Gasteiger partial charge < -0.3 is 29.4 Å². The second kappa shape index (κ2) is 11.5. The number of carbonyl (C=O) groups excluding carboxylic acids is 2. The molecular weight excluding hydrogens is 538 g/mol. The first kappa shape index (κ1) is 26.6. The molecule has 42 heavy (non-hydrogen) atoms. The highest BCUT2D eigenvalue weighted by Crippen LogP contribution is 2.33. The van der Waals surface area contributed by atoms with E-state index in [2.05, 4.69) is 20.8 Å². The van der Waals surface area contributed by atoms with E-state index in [0.29, 0.717) is 45.8 Å². The van der Waals surface area contributed by atoms with Gasteiger partial charge in [-0.3, -0.25) is 14.2 Å². The molecule has 0 fully saturated rings. The Morgan fingerprint density at radius 1 is 1.05 bits per heavy atom. The molecule has 11 nitrogen and oxygen atoms in total. The lowest BCUT2D eigenvalue weighted by molar-refractivity contribution is -0.123. The smallest absolute Gasteiger partial charge is 0.258 e. The molecule has 0 saturated heterocycles. The lowest BCUT2D eigenvalue weighted by Crippen LogP contribution is -2.29. The first-order valence-electron chi connectivity index (χ1n) is 13.1. The zero-order valence-electron chi connectivity index (χ0n) is 22.9. The number of hydrogen-bond acceptors (Lipinski definition) is 8. The molecule has 2 N–H and O–H groups in total. The molecule has 0 aliphatic carbocycles. The summed E-state index contributed by atoms with van der Waals surface area (Å²) >= 11 is 0. The SMILES string of the molecule is COc1cccc(-c2cc(CNC(=O)c3cc4cc(c3)-n3ccnc3-c3ccc(OC)c(c3)OCC(=O)NC4)on2)c1. The number of imidazole rings is 1. The van der Waals surface area contributed by atoms with Crippen molar-refractivity contribution in [3.63, 3.8) is 0 Å². The number of aromatic nitrogens is 3. The van der Waals surface area contributed by atoms with Crippen LogP contribution in [0.25, 0.3) is 28.3 Å². The Hall–Kier alpha value is -5.58. The summed E-state index contributed by atoms with van der Waals surface area (Å²) in [5.41, 5.74) is 4.07. The predicted molar refractivity (Wildman–Crippen MR) is 153 cm³/mol. The van der Waals surface area contributed by atoms with Gasteiger partial charge in [0.2, 0.25) is 0 Å². The van der Waals surface area contributed by atoms with Gasteiger partial charge in [-0.2, -0.15) is 0 Å². The number of methoxy groups -OCH3 is 2. The van der Waals surface area contributed by atoms with E-state index in [0.717, 1.165) is 16.7 Å². The van der Waals surface area contributed by atoms with Crippen LogP contribution in [0, 0.1) is 0 Å². The number of hydrogen-bond donors (Lipinski definition) is 2. The summed E-state index contributed by atoms with van der Waals surface area (Å²) in [6.07, 6.45) is 3.50. The third-order valence-corrected chi connectivity index (χ3v) is 6.78. The summed E-state index contributed by atoms with van der Waals surface area (Å²) in [6.45, 7) is 0.131. The quantitative estimate of drug-likeness (QED) is 0.314. The number of amides is 2. The van der Waals surface area contributed by atoms with Crippen molar-refractivity contribution in [3.8, 4) is 45.6 Å². The van der Waals surface area contributed by atoms with Gasteiger partial charge in [-0.25, -0.2) is 4.98 Å². The van der Waals surface area contributed by atoms with Crippen LogP contribution >= 0.6 is 0 Å². The molecule has 0 atom stereocenters. The number of ether oxygens (including phenoxy) is 3. The van der Waals surface area contributed by atoms with Crippen molar-refractivity contribution in [3.05, 3.63) is 96.0 Å². The topological polar surface area (TPSA) is 130 Å². The Labute approximate surface area is 241 Å². The molecule has 3 aromatic carbocycles. The summed E-state index contributed by atoms with van der Waals surface area (Å²) in [7, 11) is 3.14. The zero-order chi connectivity index (χ0) is 29.1. The number of nitrogens with one attached hydrogen (secondary N) is 2. The van der Waals surface area contributed by atoms with E-state index in [1.165, 1.54) is 7.11 Å². The summed E-state index contributed by atoms with van der Waals surface area (Å²) < 4.78 is 23.8. The monoisotopic (exact) mass is 565 g/mol. The van der Waals surface area contributed by atoms with Gasteiger partial charge in [-0.1, -0.05) is 17.3 Å². The average Bonchev–Trinajstić information content (AvgIpc) is 3.71. The molecule has 212 valence electrons. The van der Waals surface area contributed by atoms with Gasteiger partial charge in [0.05, 0.1) is 20.8 Å². The fraction of sp³-hybridized carbons (Fsp3) is 0.161. The van der Waals surface area contributed by atoms with Gasteiger partial charge in [0.1, 0.15) is 17.3 Å². The van der Waals surface area contributed by atoms with Crippen LogP contribution in [0.3, 0.4) is 0 Å². The molecule has 1 aliphatic rings. The normalized spacial score (nSPS) is 12.5. The van der Waals surface area contributed by atoms with Crippen LogP contribution in [0.1, 0.15) is 21.7 Å². The third-order valence-electron chi connectivity index (χ3n) is 6.78. The molecule has 1 aliphatic heterocycles. The largest absolute Gasteiger partial charge is 0.497 e. The Bertz CT molecular complexity index is 1780. The van der Waals surface area contributed by atoms with E-state index < -0.39 is 0 Å². The molecule has 2 aromatic heterocycles.